The van der Waals surface area contributed by atoms with Crippen LogP contribution in [0.2, 0.25) is 0 Å². The lowest BCUT2D eigenvalue weighted by atomic mass is 10.1. The average molecular weight is 353 g/mol. The number of carbonyl (C=O) groups excluding carboxylic acids is 1. The first-order chi connectivity index (χ1) is 12.1. The average Bonchev–Trinajstić information content (AvgIpc) is 2.62. The quantitative estimate of drug-likeness (QED) is 0.669. The topological polar surface area (TPSA) is 29.1 Å². The molecule has 0 radical (unpaired) electrons. The number of carbonyl (C=O) groups is 1. The second-order valence-corrected chi connectivity index (χ2v) is 6.96. The summed E-state index contributed by atoms with van der Waals surface area (Å²) in [7, 11) is 0. The van der Waals surface area contributed by atoms with Crippen molar-refractivity contribution in [1.82, 2.24) is 5.32 Å². The van der Waals surface area contributed by atoms with Crippen molar-refractivity contribution in [3.63, 3.8) is 0 Å². The number of amides is 1. The molecule has 0 saturated carbocycles. The Balaban J connectivity index is 1.53. The SMILES string of the molecule is C[C@H](NC(=O)CSCc1cccc2ccccc12)c1ccc(F)cc1. The summed E-state index contributed by atoms with van der Waals surface area (Å²) in [5.41, 5.74) is 2.14. The van der Waals surface area contributed by atoms with E-state index in [1.54, 1.807) is 23.9 Å². The van der Waals surface area contributed by atoms with Crippen molar-refractivity contribution in [2.24, 2.45) is 0 Å². The zero-order valence-electron chi connectivity index (χ0n) is 14.0. The van der Waals surface area contributed by atoms with E-state index in [4.69, 9.17) is 0 Å². The number of halogens is 1. The Morgan fingerprint density at radius 3 is 2.56 bits per heavy atom. The zero-order valence-corrected chi connectivity index (χ0v) is 14.9. The van der Waals surface area contributed by atoms with E-state index in [2.05, 4.69) is 35.6 Å². The molecule has 0 saturated heterocycles. The van der Waals surface area contributed by atoms with Crippen LogP contribution in [0.4, 0.5) is 4.39 Å². The molecule has 1 atom stereocenters. The molecule has 0 fully saturated rings. The molecule has 3 aromatic carbocycles. The lowest BCUT2D eigenvalue weighted by Crippen LogP contribution is -2.28. The maximum Gasteiger partial charge on any atom is 0.230 e. The summed E-state index contributed by atoms with van der Waals surface area (Å²) >= 11 is 1.60. The molecule has 0 aliphatic heterocycles. The highest BCUT2D eigenvalue weighted by Gasteiger charge is 2.10. The molecule has 0 aromatic heterocycles. The van der Waals surface area contributed by atoms with Gasteiger partial charge in [0.1, 0.15) is 5.82 Å². The van der Waals surface area contributed by atoms with Crippen LogP contribution in [-0.2, 0) is 10.5 Å². The fraction of sp³-hybridized carbons (Fsp3) is 0.190. The first kappa shape index (κ1) is 17.5. The monoisotopic (exact) mass is 353 g/mol. The number of hydrogen-bond acceptors (Lipinski definition) is 2. The number of nitrogens with one attached hydrogen (secondary N) is 1. The highest BCUT2D eigenvalue weighted by atomic mass is 32.2. The minimum absolute atomic E-state index is 0.0120. The van der Waals surface area contributed by atoms with E-state index in [9.17, 15) is 9.18 Å². The molecule has 3 aromatic rings. The van der Waals surface area contributed by atoms with Crippen molar-refractivity contribution in [3.8, 4) is 0 Å². The predicted octanol–water partition coefficient (Wildman–Crippen LogP) is 5.09. The van der Waals surface area contributed by atoms with Crippen LogP contribution < -0.4 is 5.32 Å². The van der Waals surface area contributed by atoms with Gasteiger partial charge < -0.3 is 5.32 Å². The lowest BCUT2D eigenvalue weighted by molar-refractivity contribution is -0.119. The number of benzene rings is 3. The smallest absolute Gasteiger partial charge is 0.230 e. The summed E-state index contributed by atoms with van der Waals surface area (Å²) < 4.78 is 13.0. The van der Waals surface area contributed by atoms with Crippen LogP contribution in [0.5, 0.6) is 0 Å². The summed E-state index contributed by atoms with van der Waals surface area (Å²) in [6.45, 7) is 1.90. The second-order valence-electron chi connectivity index (χ2n) is 5.97. The summed E-state index contributed by atoms with van der Waals surface area (Å²) in [5, 5.41) is 5.41. The van der Waals surface area contributed by atoms with Gasteiger partial charge in [-0.2, -0.15) is 0 Å². The summed E-state index contributed by atoms with van der Waals surface area (Å²) in [6.07, 6.45) is 0. The van der Waals surface area contributed by atoms with Gasteiger partial charge in [0.05, 0.1) is 11.8 Å². The summed E-state index contributed by atoms with van der Waals surface area (Å²) in [5.74, 6) is 0.907. The lowest BCUT2D eigenvalue weighted by Gasteiger charge is -2.14. The largest absolute Gasteiger partial charge is 0.349 e. The van der Waals surface area contributed by atoms with E-state index in [1.165, 1.54) is 28.5 Å². The second kappa shape index (κ2) is 8.17. The van der Waals surface area contributed by atoms with Gasteiger partial charge in [0.2, 0.25) is 5.91 Å². The van der Waals surface area contributed by atoms with Crippen molar-refractivity contribution in [3.05, 3.63) is 83.7 Å². The standard InChI is InChI=1S/C21H20FNOS/c1-15(16-9-11-19(22)12-10-16)23-21(24)14-25-13-18-7-4-6-17-5-2-3-8-20(17)18/h2-12,15H,13-14H2,1H3,(H,23,24)/t15-/m0/s1. The molecule has 3 rings (SSSR count). The maximum absolute atomic E-state index is 13.0. The van der Waals surface area contributed by atoms with Crippen LogP contribution in [-0.4, -0.2) is 11.7 Å². The third-order valence-corrected chi connectivity index (χ3v) is 5.10. The Bertz CT molecular complexity index is 858. The first-order valence-corrected chi connectivity index (χ1v) is 9.38. The first-order valence-electron chi connectivity index (χ1n) is 8.22. The van der Waals surface area contributed by atoms with Crippen LogP contribution in [0, 0.1) is 5.82 Å². The van der Waals surface area contributed by atoms with Crippen LogP contribution in [0.3, 0.4) is 0 Å². The van der Waals surface area contributed by atoms with Gasteiger partial charge in [-0.25, -0.2) is 4.39 Å². The van der Waals surface area contributed by atoms with E-state index >= 15 is 0 Å². The van der Waals surface area contributed by atoms with Gasteiger partial charge in [0.25, 0.3) is 0 Å². The van der Waals surface area contributed by atoms with Gasteiger partial charge in [0.15, 0.2) is 0 Å². The molecule has 0 spiro atoms. The fourth-order valence-corrected chi connectivity index (χ4v) is 3.63. The molecule has 0 heterocycles. The summed E-state index contributed by atoms with van der Waals surface area (Å²) in [6, 6.07) is 20.6. The summed E-state index contributed by atoms with van der Waals surface area (Å²) in [4.78, 5) is 12.1. The Morgan fingerprint density at radius 1 is 1.04 bits per heavy atom. The van der Waals surface area contributed by atoms with Gasteiger partial charge in [-0.1, -0.05) is 54.6 Å². The van der Waals surface area contributed by atoms with Gasteiger partial charge in [-0.15, -0.1) is 11.8 Å². The minimum Gasteiger partial charge on any atom is -0.349 e. The van der Waals surface area contributed by atoms with E-state index in [-0.39, 0.29) is 17.8 Å². The number of fused-ring (bicyclic) bond motifs is 1. The van der Waals surface area contributed by atoms with Crippen LogP contribution >= 0.6 is 11.8 Å². The Morgan fingerprint density at radius 2 is 1.76 bits per heavy atom. The number of thioether (sulfide) groups is 1. The minimum atomic E-state index is -0.270. The van der Waals surface area contributed by atoms with Gasteiger partial charge in [-0.05, 0) is 41.0 Å². The molecule has 1 N–H and O–H groups in total. The van der Waals surface area contributed by atoms with Gasteiger partial charge >= 0.3 is 0 Å². The molecule has 0 bridgehead atoms. The highest BCUT2D eigenvalue weighted by Crippen LogP contribution is 2.22. The van der Waals surface area contributed by atoms with Crippen LogP contribution in [0.1, 0.15) is 24.1 Å². The Hall–Kier alpha value is -2.33. The number of rotatable bonds is 6. The van der Waals surface area contributed by atoms with Crippen LogP contribution in [0.25, 0.3) is 10.8 Å². The molecule has 1 amide bonds. The highest BCUT2D eigenvalue weighted by molar-refractivity contribution is 7.99. The van der Waals surface area contributed by atoms with Crippen molar-refractivity contribution >= 4 is 28.4 Å². The Kier molecular flexibility index (Phi) is 5.71. The van der Waals surface area contributed by atoms with Crippen molar-refractivity contribution in [2.75, 3.05) is 5.75 Å². The number of hydrogen-bond donors (Lipinski definition) is 1. The molecule has 4 heteroatoms. The fourth-order valence-electron chi connectivity index (χ4n) is 2.79. The van der Waals surface area contributed by atoms with Gasteiger partial charge in [-0.3, -0.25) is 4.79 Å². The van der Waals surface area contributed by atoms with E-state index in [0.717, 1.165) is 11.3 Å². The normalized spacial score (nSPS) is 12.1. The molecule has 0 aliphatic rings. The van der Waals surface area contributed by atoms with Crippen molar-refractivity contribution in [1.29, 1.82) is 0 Å². The zero-order chi connectivity index (χ0) is 17.6. The molecular weight excluding hydrogens is 333 g/mol. The molecule has 25 heavy (non-hydrogen) atoms. The molecular formula is C21H20FNOS. The molecule has 0 aliphatic carbocycles. The van der Waals surface area contributed by atoms with E-state index < -0.39 is 0 Å². The third-order valence-electron chi connectivity index (χ3n) is 4.12. The Labute approximate surface area is 151 Å². The third kappa shape index (κ3) is 4.60. The van der Waals surface area contributed by atoms with E-state index in [1.807, 2.05) is 19.1 Å². The van der Waals surface area contributed by atoms with E-state index in [0.29, 0.717) is 5.75 Å². The maximum atomic E-state index is 13.0. The predicted molar refractivity (Wildman–Crippen MR) is 103 cm³/mol. The molecule has 0 unspecified atom stereocenters. The van der Waals surface area contributed by atoms with Crippen molar-refractivity contribution in [2.45, 2.75) is 18.7 Å². The van der Waals surface area contributed by atoms with Crippen molar-refractivity contribution < 1.29 is 9.18 Å². The van der Waals surface area contributed by atoms with Crippen LogP contribution in [0.15, 0.2) is 66.7 Å². The molecule has 128 valence electrons. The van der Waals surface area contributed by atoms with Gasteiger partial charge in [0, 0.05) is 5.75 Å². The molecule has 2 nitrogen and oxygen atoms in total.